The van der Waals surface area contributed by atoms with Gasteiger partial charge in [0.25, 0.3) is 0 Å². The van der Waals surface area contributed by atoms with Gasteiger partial charge in [0.1, 0.15) is 0 Å². The van der Waals surface area contributed by atoms with Crippen LogP contribution in [0.1, 0.15) is 11.1 Å². The Kier molecular flexibility index (Phi) is 2.56. The van der Waals surface area contributed by atoms with Crippen molar-refractivity contribution < 1.29 is 9.53 Å². The maximum Gasteiger partial charge on any atom is 0.169 e. The fourth-order valence-corrected chi connectivity index (χ4v) is 1.91. The van der Waals surface area contributed by atoms with Crippen LogP contribution in [0.15, 0.2) is 30.0 Å². The molecule has 0 radical (unpaired) electrons. The molecule has 0 amide bonds. The number of carbonyl (C=O) groups is 1. The molecule has 78 valence electrons. The van der Waals surface area contributed by atoms with Gasteiger partial charge in [-0.3, -0.25) is 4.79 Å². The number of ketones is 1. The van der Waals surface area contributed by atoms with Crippen molar-refractivity contribution in [3.63, 3.8) is 0 Å². The molecular formula is C12H13NO2. The minimum atomic E-state index is 0.0887. The standard InChI is InChI=1S/C12H13NO2/c1-15-7-10(13)12-9-5-3-2-4-8(9)6-11(12)14/h2-5H,6-7,13H2,1H3/b12-10-. The van der Waals surface area contributed by atoms with E-state index >= 15 is 0 Å². The van der Waals surface area contributed by atoms with E-state index in [4.69, 9.17) is 10.5 Å². The Balaban J connectivity index is 2.50. The Hall–Kier alpha value is -1.61. The number of rotatable bonds is 2. The average Bonchev–Trinajstić information content (AvgIpc) is 2.54. The van der Waals surface area contributed by atoms with Gasteiger partial charge in [-0.25, -0.2) is 0 Å². The van der Waals surface area contributed by atoms with E-state index < -0.39 is 0 Å². The van der Waals surface area contributed by atoms with Crippen LogP contribution in [0.3, 0.4) is 0 Å². The molecule has 0 unspecified atom stereocenters. The van der Waals surface area contributed by atoms with E-state index in [1.54, 1.807) is 7.11 Å². The summed E-state index contributed by atoms with van der Waals surface area (Å²) in [6.45, 7) is 0.301. The predicted molar refractivity (Wildman–Crippen MR) is 58.1 cm³/mol. The van der Waals surface area contributed by atoms with Crippen LogP contribution < -0.4 is 5.73 Å². The van der Waals surface area contributed by atoms with Crippen molar-refractivity contribution in [2.75, 3.05) is 13.7 Å². The van der Waals surface area contributed by atoms with Crippen LogP contribution in [0.25, 0.3) is 5.57 Å². The highest BCUT2D eigenvalue weighted by Crippen LogP contribution is 2.30. The van der Waals surface area contributed by atoms with Gasteiger partial charge in [-0.1, -0.05) is 24.3 Å². The summed E-state index contributed by atoms with van der Waals surface area (Å²) in [7, 11) is 1.57. The number of Topliss-reactive ketones (excluding diaryl/α,β-unsaturated/α-hetero) is 1. The molecule has 0 aromatic heterocycles. The van der Waals surface area contributed by atoms with E-state index in [1.165, 1.54) is 0 Å². The Morgan fingerprint density at radius 2 is 2.20 bits per heavy atom. The number of allylic oxidation sites excluding steroid dienone is 1. The van der Waals surface area contributed by atoms with Crippen LogP contribution in [-0.2, 0) is 16.0 Å². The smallest absolute Gasteiger partial charge is 0.169 e. The van der Waals surface area contributed by atoms with Gasteiger partial charge in [-0.05, 0) is 11.1 Å². The van der Waals surface area contributed by atoms with Crippen LogP contribution in [-0.4, -0.2) is 19.5 Å². The molecule has 15 heavy (non-hydrogen) atoms. The van der Waals surface area contributed by atoms with Gasteiger partial charge in [0, 0.05) is 24.8 Å². The van der Waals surface area contributed by atoms with E-state index in [-0.39, 0.29) is 5.78 Å². The number of carbonyl (C=O) groups excluding carboxylic acids is 1. The first kappa shape index (κ1) is 9.93. The van der Waals surface area contributed by atoms with Crippen molar-refractivity contribution in [2.24, 2.45) is 5.73 Å². The fourth-order valence-electron chi connectivity index (χ4n) is 1.91. The van der Waals surface area contributed by atoms with Crippen LogP contribution in [0.2, 0.25) is 0 Å². The summed E-state index contributed by atoms with van der Waals surface area (Å²) in [5, 5.41) is 0. The van der Waals surface area contributed by atoms with Crippen molar-refractivity contribution in [3.05, 3.63) is 41.1 Å². The van der Waals surface area contributed by atoms with E-state index in [9.17, 15) is 4.79 Å². The first-order chi connectivity index (χ1) is 7.24. The highest BCUT2D eigenvalue weighted by Gasteiger charge is 2.26. The lowest BCUT2D eigenvalue weighted by atomic mass is 10.1. The number of nitrogens with two attached hydrogens (primary N) is 1. The first-order valence-electron chi connectivity index (χ1n) is 4.83. The number of hydrogen-bond acceptors (Lipinski definition) is 3. The molecule has 0 heterocycles. The van der Waals surface area contributed by atoms with Crippen molar-refractivity contribution >= 4 is 11.4 Å². The van der Waals surface area contributed by atoms with Gasteiger partial charge in [0.05, 0.1) is 6.61 Å². The molecule has 1 aromatic rings. The number of benzene rings is 1. The molecule has 0 aliphatic heterocycles. The van der Waals surface area contributed by atoms with Gasteiger partial charge >= 0.3 is 0 Å². The van der Waals surface area contributed by atoms with Gasteiger partial charge in [-0.2, -0.15) is 0 Å². The Morgan fingerprint density at radius 1 is 1.47 bits per heavy atom. The summed E-state index contributed by atoms with van der Waals surface area (Å²) in [6.07, 6.45) is 0.454. The predicted octanol–water partition coefficient (Wildman–Crippen LogP) is 1.13. The number of methoxy groups -OCH3 is 1. The molecule has 0 fully saturated rings. The molecule has 0 bridgehead atoms. The quantitative estimate of drug-likeness (QED) is 0.733. The topological polar surface area (TPSA) is 52.3 Å². The van der Waals surface area contributed by atoms with Crippen LogP contribution >= 0.6 is 0 Å². The van der Waals surface area contributed by atoms with Gasteiger partial charge in [0.15, 0.2) is 5.78 Å². The zero-order chi connectivity index (χ0) is 10.8. The average molecular weight is 203 g/mol. The largest absolute Gasteiger partial charge is 0.400 e. The zero-order valence-electron chi connectivity index (χ0n) is 8.62. The lowest BCUT2D eigenvalue weighted by Crippen LogP contribution is -2.11. The maximum atomic E-state index is 11.8. The normalized spacial score (nSPS) is 17.8. The second-order valence-electron chi connectivity index (χ2n) is 3.59. The summed E-state index contributed by atoms with van der Waals surface area (Å²) in [6, 6.07) is 7.73. The third-order valence-corrected chi connectivity index (χ3v) is 2.54. The molecule has 0 spiro atoms. The Bertz CT molecular complexity index is 435. The van der Waals surface area contributed by atoms with Crippen LogP contribution in [0.5, 0.6) is 0 Å². The minimum Gasteiger partial charge on any atom is -0.400 e. The molecule has 2 rings (SSSR count). The lowest BCUT2D eigenvalue weighted by molar-refractivity contribution is -0.112. The summed E-state index contributed by atoms with van der Waals surface area (Å²) in [5.74, 6) is 0.0887. The Morgan fingerprint density at radius 3 is 2.93 bits per heavy atom. The Labute approximate surface area is 88.5 Å². The van der Waals surface area contributed by atoms with Crippen LogP contribution in [0.4, 0.5) is 0 Å². The molecule has 0 atom stereocenters. The minimum absolute atomic E-state index is 0.0887. The summed E-state index contributed by atoms with van der Waals surface area (Å²) >= 11 is 0. The van der Waals surface area contributed by atoms with Crippen molar-refractivity contribution in [1.29, 1.82) is 0 Å². The van der Waals surface area contributed by atoms with E-state index in [1.807, 2.05) is 24.3 Å². The fraction of sp³-hybridized carbons (Fsp3) is 0.250. The lowest BCUT2D eigenvalue weighted by Gasteiger charge is -2.05. The second-order valence-corrected chi connectivity index (χ2v) is 3.59. The van der Waals surface area contributed by atoms with E-state index in [0.29, 0.717) is 24.3 Å². The molecule has 1 aliphatic carbocycles. The van der Waals surface area contributed by atoms with Crippen molar-refractivity contribution in [2.45, 2.75) is 6.42 Å². The number of hydrogen-bond donors (Lipinski definition) is 1. The summed E-state index contributed by atoms with van der Waals surface area (Å²) < 4.78 is 4.94. The number of fused-ring (bicyclic) bond motifs is 1. The summed E-state index contributed by atoms with van der Waals surface area (Å²) in [5.41, 5.74) is 8.99. The molecule has 3 nitrogen and oxygen atoms in total. The van der Waals surface area contributed by atoms with Crippen molar-refractivity contribution in [1.82, 2.24) is 0 Å². The molecular weight excluding hydrogens is 190 g/mol. The zero-order valence-corrected chi connectivity index (χ0v) is 8.62. The molecule has 1 aromatic carbocycles. The second kappa shape index (κ2) is 3.87. The highest BCUT2D eigenvalue weighted by molar-refractivity contribution is 6.26. The highest BCUT2D eigenvalue weighted by atomic mass is 16.5. The van der Waals surface area contributed by atoms with Gasteiger partial charge < -0.3 is 10.5 Å². The molecule has 1 aliphatic rings. The molecule has 2 N–H and O–H groups in total. The van der Waals surface area contributed by atoms with Crippen LogP contribution in [0, 0.1) is 0 Å². The maximum absolute atomic E-state index is 11.8. The number of ether oxygens (including phenoxy) is 1. The first-order valence-corrected chi connectivity index (χ1v) is 4.83. The third-order valence-electron chi connectivity index (χ3n) is 2.54. The van der Waals surface area contributed by atoms with E-state index in [0.717, 1.165) is 11.1 Å². The molecule has 0 saturated heterocycles. The SMILES string of the molecule is COC/C(N)=C1/C(=O)Cc2ccccc21. The van der Waals surface area contributed by atoms with Gasteiger partial charge in [-0.15, -0.1) is 0 Å². The van der Waals surface area contributed by atoms with Crippen molar-refractivity contribution in [3.8, 4) is 0 Å². The monoisotopic (exact) mass is 203 g/mol. The molecule has 3 heteroatoms. The summed E-state index contributed by atoms with van der Waals surface area (Å²) in [4.78, 5) is 11.8. The molecule has 0 saturated carbocycles. The van der Waals surface area contributed by atoms with Gasteiger partial charge in [0.2, 0.25) is 0 Å². The van der Waals surface area contributed by atoms with E-state index in [2.05, 4.69) is 0 Å². The third kappa shape index (κ3) is 1.66.